The number of para-hydroxylation sites is 1. The van der Waals surface area contributed by atoms with Crippen LogP contribution >= 0.6 is 11.6 Å². The molecule has 1 N–H and O–H groups in total. The highest BCUT2D eigenvalue weighted by Gasteiger charge is 2.26. The maximum Gasteiger partial charge on any atom is 0.145 e. The van der Waals surface area contributed by atoms with Crippen molar-refractivity contribution >= 4 is 17.3 Å². The summed E-state index contributed by atoms with van der Waals surface area (Å²) in [6.45, 7) is 1.79. The number of nitrogens with zero attached hydrogens (tertiary/aromatic N) is 2. The first-order chi connectivity index (χ1) is 16.6. The molecule has 0 aromatic heterocycles. The van der Waals surface area contributed by atoms with E-state index >= 15 is 0 Å². The van der Waals surface area contributed by atoms with Crippen LogP contribution in [0.2, 0.25) is 5.02 Å². The van der Waals surface area contributed by atoms with Crippen LogP contribution in [0.4, 0.5) is 0 Å². The normalized spacial score (nSPS) is 16.1. The number of hydrogen-bond donors (Lipinski definition) is 1. The molecule has 7 heteroatoms. The van der Waals surface area contributed by atoms with Crippen LogP contribution in [-0.2, 0) is 11.4 Å². The fourth-order valence-electron chi connectivity index (χ4n) is 3.90. The molecule has 0 saturated carbocycles. The first kappa shape index (κ1) is 24.1. The number of methoxy groups -OCH3 is 1. The molecule has 0 radical (unpaired) electrons. The van der Waals surface area contributed by atoms with Crippen LogP contribution < -0.4 is 9.47 Å². The van der Waals surface area contributed by atoms with Crippen LogP contribution in [0.3, 0.4) is 0 Å². The summed E-state index contributed by atoms with van der Waals surface area (Å²) in [7, 11) is 1.65. The Morgan fingerprint density at radius 3 is 2.50 bits per heavy atom. The fraction of sp³-hybridized carbons (Fsp3) is 0.296. The van der Waals surface area contributed by atoms with E-state index in [4.69, 9.17) is 25.9 Å². The largest absolute Gasteiger partial charge is 0.497 e. The lowest BCUT2D eigenvalue weighted by Gasteiger charge is -2.27. The van der Waals surface area contributed by atoms with E-state index in [1.54, 1.807) is 7.11 Å². The minimum absolute atomic E-state index is 0.123. The van der Waals surface area contributed by atoms with E-state index in [2.05, 4.69) is 10.1 Å². The molecular formula is C27H29ClN2O4. The molecule has 0 bridgehead atoms. The molecule has 178 valence electrons. The van der Waals surface area contributed by atoms with Gasteiger partial charge >= 0.3 is 0 Å². The number of aliphatic hydroxyl groups is 1. The van der Waals surface area contributed by atoms with Crippen molar-refractivity contribution in [2.75, 3.05) is 26.8 Å². The highest BCUT2D eigenvalue weighted by Crippen LogP contribution is 2.22. The number of halogens is 1. The first-order valence-electron chi connectivity index (χ1n) is 11.3. The zero-order chi connectivity index (χ0) is 23.8. The number of aliphatic hydroxyl groups excluding tert-OH is 1. The fourth-order valence-corrected chi connectivity index (χ4v) is 4.09. The molecule has 2 atom stereocenters. The Morgan fingerprint density at radius 2 is 1.76 bits per heavy atom. The van der Waals surface area contributed by atoms with E-state index in [9.17, 15) is 5.11 Å². The molecule has 3 aromatic rings. The molecule has 0 saturated heterocycles. The average Bonchev–Trinajstić information content (AvgIpc) is 3.33. The Bertz CT molecular complexity index is 1080. The van der Waals surface area contributed by atoms with Gasteiger partial charge < -0.3 is 19.4 Å². The molecule has 1 aliphatic heterocycles. The number of ether oxygens (including phenoxy) is 2. The van der Waals surface area contributed by atoms with Crippen LogP contribution in [0.25, 0.3) is 0 Å². The Morgan fingerprint density at radius 1 is 1.03 bits per heavy atom. The quantitative estimate of drug-likeness (QED) is 0.427. The summed E-state index contributed by atoms with van der Waals surface area (Å²) < 4.78 is 11.0. The smallest absolute Gasteiger partial charge is 0.145 e. The molecule has 2 unspecified atom stereocenters. The highest BCUT2D eigenvalue weighted by molar-refractivity contribution is 6.31. The summed E-state index contributed by atoms with van der Waals surface area (Å²) >= 11 is 6.41. The molecule has 0 aliphatic carbocycles. The zero-order valence-corrected chi connectivity index (χ0v) is 19.9. The number of rotatable bonds is 11. The van der Waals surface area contributed by atoms with E-state index in [0.29, 0.717) is 31.1 Å². The Labute approximate surface area is 205 Å². The van der Waals surface area contributed by atoms with Gasteiger partial charge in [0.05, 0.1) is 12.8 Å². The van der Waals surface area contributed by atoms with Crippen molar-refractivity contribution in [2.24, 2.45) is 5.16 Å². The first-order valence-corrected chi connectivity index (χ1v) is 11.7. The van der Waals surface area contributed by atoms with E-state index in [-0.39, 0.29) is 12.7 Å². The maximum atomic E-state index is 10.7. The topological polar surface area (TPSA) is 63.5 Å². The van der Waals surface area contributed by atoms with Gasteiger partial charge in [0, 0.05) is 31.1 Å². The zero-order valence-electron chi connectivity index (χ0n) is 19.1. The van der Waals surface area contributed by atoms with Gasteiger partial charge in [0.1, 0.15) is 30.3 Å². The third kappa shape index (κ3) is 6.73. The predicted molar refractivity (Wildman–Crippen MR) is 134 cm³/mol. The predicted octanol–water partition coefficient (Wildman–Crippen LogP) is 4.78. The molecule has 1 aliphatic rings. The minimum atomic E-state index is -0.675. The number of hydrogen-bond acceptors (Lipinski definition) is 6. The molecule has 6 nitrogen and oxygen atoms in total. The monoisotopic (exact) mass is 480 g/mol. The lowest BCUT2D eigenvalue weighted by atomic mass is 10.0. The summed E-state index contributed by atoms with van der Waals surface area (Å²) in [5.41, 5.74) is 2.91. The van der Waals surface area contributed by atoms with Crippen molar-refractivity contribution in [2.45, 2.75) is 25.2 Å². The molecule has 1 heterocycles. The summed E-state index contributed by atoms with van der Waals surface area (Å²) in [6.07, 6.45) is -0.116. The Hall–Kier alpha value is -3.06. The van der Waals surface area contributed by atoms with Gasteiger partial charge in [0.2, 0.25) is 0 Å². The van der Waals surface area contributed by atoms with Crippen LogP contribution in [-0.4, -0.2) is 54.7 Å². The molecule has 0 spiro atoms. The minimum Gasteiger partial charge on any atom is -0.497 e. The maximum absolute atomic E-state index is 10.7. The standard InChI is InChI=1S/C27H29ClN2O4/c1-32-23-13-11-20(12-14-23)27-15-25(34-29-27)18-30(16-21-7-5-6-10-26(21)28)17-22(31)19-33-24-8-3-2-4-9-24/h2-14,22,25,31H,15-19H2,1H3. The van der Waals surface area contributed by atoms with Gasteiger partial charge in [0.15, 0.2) is 0 Å². The van der Waals surface area contributed by atoms with Crippen molar-refractivity contribution in [3.8, 4) is 11.5 Å². The molecule has 3 aromatic carbocycles. The highest BCUT2D eigenvalue weighted by atomic mass is 35.5. The van der Waals surface area contributed by atoms with E-state index in [0.717, 1.165) is 28.3 Å². The Kier molecular flexibility index (Phi) is 8.41. The van der Waals surface area contributed by atoms with Crippen molar-refractivity contribution in [3.63, 3.8) is 0 Å². The molecule has 34 heavy (non-hydrogen) atoms. The van der Waals surface area contributed by atoms with Crippen molar-refractivity contribution in [1.82, 2.24) is 4.90 Å². The molecule has 0 amide bonds. The van der Waals surface area contributed by atoms with Crippen molar-refractivity contribution < 1.29 is 19.4 Å². The third-order valence-electron chi connectivity index (χ3n) is 5.62. The van der Waals surface area contributed by atoms with Gasteiger partial charge in [0.25, 0.3) is 0 Å². The molecule has 4 rings (SSSR count). The summed E-state index contributed by atoms with van der Waals surface area (Å²) in [5.74, 6) is 1.54. The van der Waals surface area contributed by atoms with Crippen molar-refractivity contribution in [3.05, 3.63) is 95.0 Å². The second-order valence-electron chi connectivity index (χ2n) is 8.26. The summed E-state index contributed by atoms with van der Waals surface area (Å²) in [6, 6.07) is 25.0. The van der Waals surface area contributed by atoms with E-state index in [1.165, 1.54) is 0 Å². The van der Waals surface area contributed by atoms with E-state index < -0.39 is 6.10 Å². The summed E-state index contributed by atoms with van der Waals surface area (Å²) in [5, 5.41) is 15.7. The lowest BCUT2D eigenvalue weighted by Crippen LogP contribution is -2.39. The molecular weight excluding hydrogens is 452 g/mol. The third-order valence-corrected chi connectivity index (χ3v) is 5.99. The van der Waals surface area contributed by atoms with Crippen LogP contribution in [0.15, 0.2) is 84.0 Å². The van der Waals surface area contributed by atoms with Crippen LogP contribution in [0.5, 0.6) is 11.5 Å². The van der Waals surface area contributed by atoms with E-state index in [1.807, 2.05) is 78.9 Å². The van der Waals surface area contributed by atoms with Gasteiger partial charge in [-0.05, 0) is 53.6 Å². The number of benzene rings is 3. The van der Waals surface area contributed by atoms with Gasteiger partial charge in [-0.25, -0.2) is 0 Å². The average molecular weight is 481 g/mol. The molecule has 0 fully saturated rings. The van der Waals surface area contributed by atoms with Gasteiger partial charge in [-0.3, -0.25) is 4.90 Å². The van der Waals surface area contributed by atoms with Crippen molar-refractivity contribution in [1.29, 1.82) is 0 Å². The SMILES string of the molecule is COc1ccc(C2=NOC(CN(Cc3ccccc3Cl)CC(O)COc3ccccc3)C2)cc1. The van der Waals surface area contributed by atoms with Crippen LogP contribution in [0, 0.1) is 0 Å². The Balaban J connectivity index is 1.38. The number of oxime groups is 1. The van der Waals surface area contributed by atoms with Gasteiger partial charge in [-0.1, -0.05) is 53.2 Å². The second kappa shape index (κ2) is 11.9. The lowest BCUT2D eigenvalue weighted by molar-refractivity contribution is 0.0213. The van der Waals surface area contributed by atoms with Gasteiger partial charge in [-0.15, -0.1) is 0 Å². The summed E-state index contributed by atoms with van der Waals surface area (Å²) in [4.78, 5) is 7.89. The van der Waals surface area contributed by atoms with Gasteiger partial charge in [-0.2, -0.15) is 0 Å². The second-order valence-corrected chi connectivity index (χ2v) is 8.67. The van der Waals surface area contributed by atoms with Crippen LogP contribution in [0.1, 0.15) is 17.5 Å².